The first-order chi connectivity index (χ1) is 15.5. The van der Waals surface area contributed by atoms with Crippen molar-refractivity contribution in [2.24, 2.45) is 0 Å². The van der Waals surface area contributed by atoms with Crippen molar-refractivity contribution in [1.82, 2.24) is 9.47 Å². The lowest BCUT2D eigenvalue weighted by atomic mass is 10.1. The van der Waals surface area contributed by atoms with Gasteiger partial charge in [-0.05, 0) is 68.4 Å². The van der Waals surface area contributed by atoms with Crippen LogP contribution in [0.4, 0.5) is 0 Å². The number of fused-ring (bicyclic) bond motifs is 1. The van der Waals surface area contributed by atoms with E-state index in [9.17, 15) is 9.90 Å². The molecule has 5 nitrogen and oxygen atoms in total. The van der Waals surface area contributed by atoms with Gasteiger partial charge in [-0.15, -0.1) is 0 Å². The van der Waals surface area contributed by atoms with Crippen molar-refractivity contribution in [3.8, 4) is 5.75 Å². The number of hydrogen-bond acceptors (Lipinski definition) is 4. The smallest absolute Gasteiger partial charge is 0.185 e. The lowest BCUT2D eigenvalue weighted by Crippen LogP contribution is -2.35. The average Bonchev–Trinajstić information content (AvgIpc) is 3.15. The second-order valence-corrected chi connectivity index (χ2v) is 8.13. The molecule has 1 heterocycles. The second kappa shape index (κ2) is 11.7. The number of aromatic nitrogens is 1. The number of nitrogens with zero attached hydrogens (tertiary/aromatic N) is 2. The molecule has 5 heteroatoms. The molecule has 1 atom stereocenters. The van der Waals surface area contributed by atoms with Crippen LogP contribution < -0.4 is 4.74 Å². The van der Waals surface area contributed by atoms with Crippen molar-refractivity contribution in [2.45, 2.75) is 39.3 Å². The number of allylic oxidation sites excluding steroid dienone is 1. The van der Waals surface area contributed by atoms with Crippen LogP contribution in [0.25, 0.3) is 17.0 Å². The molecule has 1 unspecified atom stereocenters. The largest absolute Gasteiger partial charge is 0.497 e. The maximum Gasteiger partial charge on any atom is 0.185 e. The summed E-state index contributed by atoms with van der Waals surface area (Å²) in [6.45, 7) is 7.51. The van der Waals surface area contributed by atoms with Gasteiger partial charge < -0.3 is 19.3 Å². The third-order valence-electron chi connectivity index (χ3n) is 5.56. The number of para-hydroxylation sites is 1. The zero-order chi connectivity index (χ0) is 22.9. The summed E-state index contributed by atoms with van der Waals surface area (Å²) in [5.41, 5.74) is 2.64. The Bertz CT molecular complexity index is 1030. The van der Waals surface area contributed by atoms with Crippen molar-refractivity contribution in [3.63, 3.8) is 0 Å². The van der Waals surface area contributed by atoms with E-state index in [1.807, 2.05) is 24.4 Å². The first kappa shape index (κ1) is 23.8. The summed E-state index contributed by atoms with van der Waals surface area (Å²) >= 11 is 0. The van der Waals surface area contributed by atoms with E-state index >= 15 is 0 Å². The van der Waals surface area contributed by atoms with Gasteiger partial charge in [-0.25, -0.2) is 0 Å². The molecular formula is C27H34N2O3. The lowest BCUT2D eigenvalue weighted by Gasteiger charge is -2.24. The highest BCUT2D eigenvalue weighted by Gasteiger charge is 2.14. The van der Waals surface area contributed by atoms with Crippen LogP contribution in [0.5, 0.6) is 5.75 Å². The predicted molar refractivity (Wildman–Crippen MR) is 131 cm³/mol. The standard InChI is InChI=1S/C27H34N2O3/c1-4-16-28(17-5-2)19-23(30)20-29-18-22(25-8-6-7-9-26(25)29)12-15-27(31)21-10-13-24(32-3)14-11-21/h6-15,18,23,30H,4-5,16-17,19-20H2,1-3H3/b15-12+. The van der Waals surface area contributed by atoms with Crippen LogP contribution >= 0.6 is 0 Å². The molecule has 0 aliphatic heterocycles. The van der Waals surface area contributed by atoms with E-state index in [0.29, 0.717) is 18.7 Å². The molecule has 1 aromatic heterocycles. The van der Waals surface area contributed by atoms with Gasteiger partial charge in [0.1, 0.15) is 5.75 Å². The zero-order valence-corrected chi connectivity index (χ0v) is 19.3. The third-order valence-corrected chi connectivity index (χ3v) is 5.56. The Kier molecular flexibility index (Phi) is 8.65. The van der Waals surface area contributed by atoms with Gasteiger partial charge in [0.25, 0.3) is 0 Å². The third kappa shape index (κ3) is 6.09. The molecule has 0 bridgehead atoms. The molecule has 0 amide bonds. The molecule has 1 N–H and O–H groups in total. The molecular weight excluding hydrogens is 400 g/mol. The number of ketones is 1. The summed E-state index contributed by atoms with van der Waals surface area (Å²) in [5.74, 6) is 0.669. The Morgan fingerprint density at radius 3 is 2.44 bits per heavy atom. The number of aliphatic hydroxyl groups excluding tert-OH is 1. The van der Waals surface area contributed by atoms with Crippen LogP contribution in [-0.2, 0) is 6.54 Å². The molecule has 0 radical (unpaired) electrons. The molecule has 0 spiro atoms. The van der Waals surface area contributed by atoms with Crippen LogP contribution in [0.2, 0.25) is 0 Å². The quantitative estimate of drug-likeness (QED) is 0.321. The van der Waals surface area contributed by atoms with Crippen LogP contribution in [0.15, 0.2) is 60.8 Å². The lowest BCUT2D eigenvalue weighted by molar-refractivity contribution is 0.0988. The van der Waals surface area contributed by atoms with Gasteiger partial charge in [0.05, 0.1) is 13.2 Å². The van der Waals surface area contributed by atoms with Crippen molar-refractivity contribution < 1.29 is 14.6 Å². The number of rotatable bonds is 12. The summed E-state index contributed by atoms with van der Waals surface area (Å²) in [4.78, 5) is 14.9. The number of aliphatic hydroxyl groups is 1. The maximum absolute atomic E-state index is 12.6. The fraction of sp³-hybridized carbons (Fsp3) is 0.370. The minimum atomic E-state index is -0.457. The summed E-state index contributed by atoms with van der Waals surface area (Å²) in [6.07, 6.45) is 7.19. The topological polar surface area (TPSA) is 54.7 Å². The van der Waals surface area contributed by atoms with Crippen molar-refractivity contribution in [1.29, 1.82) is 0 Å². The average molecular weight is 435 g/mol. The monoisotopic (exact) mass is 434 g/mol. The number of carbonyl (C=O) groups excluding carboxylic acids is 1. The maximum atomic E-state index is 12.6. The van der Waals surface area contributed by atoms with Gasteiger partial charge in [0.2, 0.25) is 0 Å². The van der Waals surface area contributed by atoms with Crippen molar-refractivity contribution >= 4 is 22.8 Å². The van der Waals surface area contributed by atoms with Crippen LogP contribution in [0.1, 0.15) is 42.6 Å². The van der Waals surface area contributed by atoms with Crippen LogP contribution in [0, 0.1) is 0 Å². The number of carbonyl (C=O) groups is 1. The van der Waals surface area contributed by atoms with E-state index in [1.54, 1.807) is 37.5 Å². The summed E-state index contributed by atoms with van der Waals surface area (Å²) in [6, 6.07) is 15.2. The zero-order valence-electron chi connectivity index (χ0n) is 19.3. The predicted octanol–water partition coefficient (Wildman–Crippen LogP) is 5.03. The van der Waals surface area contributed by atoms with Gasteiger partial charge in [0, 0.05) is 41.3 Å². The first-order valence-electron chi connectivity index (χ1n) is 11.4. The van der Waals surface area contributed by atoms with Crippen molar-refractivity contribution in [2.75, 3.05) is 26.7 Å². The highest BCUT2D eigenvalue weighted by molar-refractivity contribution is 6.07. The molecule has 0 aliphatic rings. The SMILES string of the molecule is CCCN(CCC)CC(O)Cn1cc(/C=C/C(=O)c2ccc(OC)cc2)c2ccccc21. The van der Waals surface area contributed by atoms with E-state index in [-0.39, 0.29) is 5.78 Å². The highest BCUT2D eigenvalue weighted by atomic mass is 16.5. The highest BCUT2D eigenvalue weighted by Crippen LogP contribution is 2.23. The summed E-state index contributed by atoms with van der Waals surface area (Å²) in [7, 11) is 1.61. The van der Waals surface area contributed by atoms with Gasteiger partial charge in [-0.1, -0.05) is 32.0 Å². The molecule has 2 aromatic carbocycles. The number of ether oxygens (including phenoxy) is 1. The van der Waals surface area contributed by atoms with E-state index in [4.69, 9.17) is 4.74 Å². The molecule has 0 aliphatic carbocycles. The number of methoxy groups -OCH3 is 1. The Balaban J connectivity index is 1.77. The fourth-order valence-electron chi connectivity index (χ4n) is 4.09. The summed E-state index contributed by atoms with van der Waals surface area (Å²) < 4.78 is 7.25. The minimum Gasteiger partial charge on any atom is -0.497 e. The Labute approximate surface area is 190 Å². The van der Waals surface area contributed by atoms with Crippen LogP contribution in [-0.4, -0.2) is 53.2 Å². The summed E-state index contributed by atoms with van der Waals surface area (Å²) in [5, 5.41) is 11.8. The molecule has 0 saturated carbocycles. The molecule has 170 valence electrons. The Hall–Kier alpha value is -2.89. The molecule has 0 fully saturated rings. The fourth-order valence-corrected chi connectivity index (χ4v) is 4.09. The number of hydrogen-bond donors (Lipinski definition) is 1. The van der Waals surface area contributed by atoms with Gasteiger partial charge in [-0.3, -0.25) is 4.79 Å². The van der Waals surface area contributed by atoms with E-state index in [1.165, 1.54) is 0 Å². The van der Waals surface area contributed by atoms with Gasteiger partial charge >= 0.3 is 0 Å². The molecule has 32 heavy (non-hydrogen) atoms. The van der Waals surface area contributed by atoms with E-state index in [2.05, 4.69) is 35.4 Å². The minimum absolute atomic E-state index is 0.0562. The number of benzene rings is 2. The van der Waals surface area contributed by atoms with Gasteiger partial charge in [-0.2, -0.15) is 0 Å². The normalized spacial score (nSPS) is 12.7. The second-order valence-electron chi connectivity index (χ2n) is 8.13. The van der Waals surface area contributed by atoms with E-state index < -0.39 is 6.10 Å². The Morgan fingerprint density at radius 2 is 1.78 bits per heavy atom. The Morgan fingerprint density at radius 1 is 1.09 bits per heavy atom. The molecule has 3 rings (SSSR count). The van der Waals surface area contributed by atoms with E-state index in [0.717, 1.165) is 48.1 Å². The van der Waals surface area contributed by atoms with Gasteiger partial charge in [0.15, 0.2) is 5.78 Å². The molecule has 0 saturated heterocycles. The van der Waals surface area contributed by atoms with Crippen LogP contribution in [0.3, 0.4) is 0 Å². The molecule has 3 aromatic rings. The first-order valence-corrected chi connectivity index (χ1v) is 11.4. The van der Waals surface area contributed by atoms with Crippen molar-refractivity contribution in [3.05, 3.63) is 71.9 Å².